The Hall–Kier alpha value is -1.75. The van der Waals surface area contributed by atoms with E-state index in [1.165, 1.54) is 6.20 Å². The molecule has 0 bridgehead atoms. The molecule has 0 aromatic carbocycles. The SMILES string of the molecule is Cc1occc1SCc1ccnc(C(=O)O)c1. The fourth-order valence-electron chi connectivity index (χ4n) is 1.37. The number of nitrogens with zero attached hydrogens (tertiary/aromatic N) is 1. The summed E-state index contributed by atoms with van der Waals surface area (Å²) in [5, 5.41) is 8.82. The number of rotatable bonds is 4. The fraction of sp³-hybridized carbons (Fsp3) is 0.167. The molecular formula is C12H11NO3S. The van der Waals surface area contributed by atoms with Crippen LogP contribution in [0.3, 0.4) is 0 Å². The number of furan rings is 1. The first-order chi connectivity index (χ1) is 8.16. The number of carboxylic acids is 1. The van der Waals surface area contributed by atoms with E-state index >= 15 is 0 Å². The topological polar surface area (TPSA) is 63.3 Å². The molecule has 2 rings (SSSR count). The first-order valence-corrected chi connectivity index (χ1v) is 6.00. The summed E-state index contributed by atoms with van der Waals surface area (Å²) in [6.07, 6.45) is 3.16. The molecule has 0 aliphatic heterocycles. The second kappa shape index (κ2) is 5.05. The van der Waals surface area contributed by atoms with Gasteiger partial charge in [-0.25, -0.2) is 9.78 Å². The van der Waals surface area contributed by atoms with Gasteiger partial charge in [-0.3, -0.25) is 0 Å². The van der Waals surface area contributed by atoms with Gasteiger partial charge in [0.1, 0.15) is 11.5 Å². The van der Waals surface area contributed by atoms with E-state index in [1.807, 2.05) is 19.1 Å². The molecule has 0 unspecified atom stereocenters. The van der Waals surface area contributed by atoms with Gasteiger partial charge in [-0.15, -0.1) is 11.8 Å². The van der Waals surface area contributed by atoms with Gasteiger partial charge >= 0.3 is 5.97 Å². The standard InChI is InChI=1S/C12H11NO3S/c1-8-11(3-5-16-8)17-7-9-2-4-13-10(6-9)12(14)15/h2-6H,7H2,1H3,(H,14,15). The summed E-state index contributed by atoms with van der Waals surface area (Å²) in [5.41, 5.74) is 1.01. The summed E-state index contributed by atoms with van der Waals surface area (Å²) >= 11 is 1.61. The number of pyridine rings is 1. The molecule has 88 valence electrons. The Labute approximate surface area is 103 Å². The highest BCUT2D eigenvalue weighted by atomic mass is 32.2. The van der Waals surface area contributed by atoms with Crippen molar-refractivity contribution in [3.63, 3.8) is 0 Å². The molecule has 2 aromatic heterocycles. The Morgan fingerprint density at radius 2 is 2.35 bits per heavy atom. The molecule has 0 amide bonds. The quantitative estimate of drug-likeness (QED) is 0.844. The van der Waals surface area contributed by atoms with Crippen LogP contribution in [0.4, 0.5) is 0 Å². The van der Waals surface area contributed by atoms with Gasteiger partial charge in [0.2, 0.25) is 0 Å². The van der Waals surface area contributed by atoms with Gasteiger partial charge < -0.3 is 9.52 Å². The van der Waals surface area contributed by atoms with E-state index < -0.39 is 5.97 Å². The van der Waals surface area contributed by atoms with E-state index in [1.54, 1.807) is 24.1 Å². The number of hydrogen-bond donors (Lipinski definition) is 1. The number of aryl methyl sites for hydroxylation is 1. The summed E-state index contributed by atoms with van der Waals surface area (Å²) in [7, 11) is 0. The number of thioether (sulfide) groups is 1. The monoisotopic (exact) mass is 249 g/mol. The molecule has 5 heteroatoms. The average molecular weight is 249 g/mol. The molecule has 2 aromatic rings. The number of aromatic nitrogens is 1. The van der Waals surface area contributed by atoms with Crippen molar-refractivity contribution in [1.29, 1.82) is 0 Å². The van der Waals surface area contributed by atoms with Crippen LogP contribution in [-0.4, -0.2) is 16.1 Å². The molecule has 0 aliphatic carbocycles. The minimum absolute atomic E-state index is 0.0759. The fourth-order valence-corrected chi connectivity index (χ4v) is 2.27. The summed E-state index contributed by atoms with van der Waals surface area (Å²) in [6.45, 7) is 1.90. The molecular weight excluding hydrogens is 238 g/mol. The molecule has 1 N–H and O–H groups in total. The molecule has 0 aliphatic rings. The molecule has 0 atom stereocenters. The highest BCUT2D eigenvalue weighted by Crippen LogP contribution is 2.26. The van der Waals surface area contributed by atoms with E-state index in [4.69, 9.17) is 9.52 Å². The van der Waals surface area contributed by atoms with Crippen LogP contribution < -0.4 is 0 Å². The molecule has 2 heterocycles. The molecule has 0 spiro atoms. The second-order valence-electron chi connectivity index (χ2n) is 3.48. The molecule has 4 nitrogen and oxygen atoms in total. The minimum atomic E-state index is -1.00. The Morgan fingerprint density at radius 3 is 3.00 bits per heavy atom. The molecule has 0 radical (unpaired) electrons. The molecule has 0 fully saturated rings. The van der Waals surface area contributed by atoms with Crippen LogP contribution in [0.5, 0.6) is 0 Å². The van der Waals surface area contributed by atoms with Crippen LogP contribution in [-0.2, 0) is 5.75 Å². The number of carbonyl (C=O) groups is 1. The Morgan fingerprint density at radius 1 is 1.53 bits per heavy atom. The predicted molar refractivity (Wildman–Crippen MR) is 64.2 cm³/mol. The predicted octanol–water partition coefficient (Wildman–Crippen LogP) is 2.97. The van der Waals surface area contributed by atoms with Crippen LogP contribution in [0, 0.1) is 6.92 Å². The Balaban J connectivity index is 2.07. The number of carboxylic acid groups (broad SMARTS) is 1. The minimum Gasteiger partial charge on any atom is -0.477 e. The highest BCUT2D eigenvalue weighted by molar-refractivity contribution is 7.98. The van der Waals surface area contributed by atoms with Crippen molar-refractivity contribution >= 4 is 17.7 Å². The second-order valence-corrected chi connectivity index (χ2v) is 4.50. The lowest BCUT2D eigenvalue weighted by atomic mass is 10.2. The van der Waals surface area contributed by atoms with Crippen LogP contribution >= 0.6 is 11.8 Å². The van der Waals surface area contributed by atoms with Crippen LogP contribution in [0.2, 0.25) is 0 Å². The first-order valence-electron chi connectivity index (χ1n) is 5.02. The van der Waals surface area contributed by atoms with Gasteiger partial charge in [0, 0.05) is 16.8 Å². The maximum absolute atomic E-state index is 10.8. The van der Waals surface area contributed by atoms with Crippen molar-refractivity contribution in [3.05, 3.63) is 47.7 Å². The van der Waals surface area contributed by atoms with E-state index in [-0.39, 0.29) is 5.69 Å². The van der Waals surface area contributed by atoms with E-state index in [2.05, 4.69) is 4.98 Å². The highest BCUT2D eigenvalue weighted by Gasteiger charge is 2.06. The molecule has 17 heavy (non-hydrogen) atoms. The van der Waals surface area contributed by atoms with Crippen molar-refractivity contribution in [2.45, 2.75) is 17.6 Å². The molecule has 0 saturated heterocycles. The van der Waals surface area contributed by atoms with Gasteiger partial charge in [0.15, 0.2) is 0 Å². The Bertz CT molecular complexity index is 536. The summed E-state index contributed by atoms with van der Waals surface area (Å²) in [6, 6.07) is 5.30. The zero-order chi connectivity index (χ0) is 12.3. The zero-order valence-electron chi connectivity index (χ0n) is 9.21. The number of aromatic carboxylic acids is 1. The third-order valence-corrected chi connectivity index (χ3v) is 3.46. The van der Waals surface area contributed by atoms with Crippen molar-refractivity contribution in [2.24, 2.45) is 0 Å². The van der Waals surface area contributed by atoms with Crippen molar-refractivity contribution < 1.29 is 14.3 Å². The van der Waals surface area contributed by atoms with Crippen LogP contribution in [0.25, 0.3) is 0 Å². The van der Waals surface area contributed by atoms with Crippen molar-refractivity contribution in [1.82, 2.24) is 4.98 Å². The van der Waals surface area contributed by atoms with Gasteiger partial charge in [0.25, 0.3) is 0 Å². The third-order valence-electron chi connectivity index (χ3n) is 2.25. The van der Waals surface area contributed by atoms with Gasteiger partial charge in [0.05, 0.1) is 6.26 Å². The lowest BCUT2D eigenvalue weighted by molar-refractivity contribution is 0.0690. The summed E-state index contributed by atoms with van der Waals surface area (Å²) in [4.78, 5) is 15.6. The zero-order valence-corrected chi connectivity index (χ0v) is 10.0. The largest absolute Gasteiger partial charge is 0.477 e. The smallest absolute Gasteiger partial charge is 0.354 e. The maximum Gasteiger partial charge on any atom is 0.354 e. The third kappa shape index (κ3) is 2.88. The average Bonchev–Trinajstić information content (AvgIpc) is 2.72. The van der Waals surface area contributed by atoms with E-state index in [0.717, 1.165) is 16.2 Å². The van der Waals surface area contributed by atoms with E-state index in [9.17, 15) is 4.79 Å². The Kier molecular flexibility index (Phi) is 3.49. The van der Waals surface area contributed by atoms with Crippen LogP contribution in [0.1, 0.15) is 21.8 Å². The number of hydrogen-bond acceptors (Lipinski definition) is 4. The van der Waals surface area contributed by atoms with Crippen molar-refractivity contribution in [2.75, 3.05) is 0 Å². The lowest BCUT2D eigenvalue weighted by Crippen LogP contribution is -2.00. The van der Waals surface area contributed by atoms with E-state index in [0.29, 0.717) is 5.75 Å². The van der Waals surface area contributed by atoms with Crippen LogP contribution in [0.15, 0.2) is 40.0 Å². The van der Waals surface area contributed by atoms with Gasteiger partial charge in [-0.05, 0) is 30.7 Å². The normalized spacial score (nSPS) is 10.4. The van der Waals surface area contributed by atoms with Gasteiger partial charge in [-0.1, -0.05) is 0 Å². The first kappa shape index (κ1) is 11.7. The molecule has 0 saturated carbocycles. The summed E-state index contributed by atoms with van der Waals surface area (Å²) < 4.78 is 5.19. The lowest BCUT2D eigenvalue weighted by Gasteiger charge is -2.01. The maximum atomic E-state index is 10.8. The van der Waals surface area contributed by atoms with Gasteiger partial charge in [-0.2, -0.15) is 0 Å². The summed E-state index contributed by atoms with van der Waals surface area (Å²) in [5.74, 6) is 0.572. The van der Waals surface area contributed by atoms with Crippen molar-refractivity contribution in [3.8, 4) is 0 Å².